The predicted octanol–water partition coefficient (Wildman–Crippen LogP) is 0.982. The van der Waals surface area contributed by atoms with Crippen LogP contribution in [0.15, 0.2) is 18.2 Å². The largest absolute Gasteiger partial charge is 0.399 e. The minimum Gasteiger partial charge on any atom is -0.399 e. The quantitative estimate of drug-likeness (QED) is 0.722. The minimum absolute atomic E-state index is 0.0579. The summed E-state index contributed by atoms with van der Waals surface area (Å²) in [6.45, 7) is 3.08. The molecule has 1 heterocycles. The van der Waals surface area contributed by atoms with E-state index in [0.29, 0.717) is 36.4 Å². The summed E-state index contributed by atoms with van der Waals surface area (Å²) in [7, 11) is 0. The normalized spacial score (nSPS) is 15.8. The van der Waals surface area contributed by atoms with Crippen LogP contribution >= 0.6 is 0 Å². The first kappa shape index (κ1) is 15.2. The Morgan fingerprint density at radius 1 is 1.29 bits per heavy atom. The fourth-order valence-electron chi connectivity index (χ4n) is 2.50. The van der Waals surface area contributed by atoms with E-state index >= 15 is 0 Å². The van der Waals surface area contributed by atoms with Gasteiger partial charge in [-0.1, -0.05) is 6.92 Å². The van der Waals surface area contributed by atoms with Crippen LogP contribution in [0.4, 0.5) is 11.4 Å². The maximum atomic E-state index is 12.4. The fourth-order valence-corrected chi connectivity index (χ4v) is 2.50. The van der Waals surface area contributed by atoms with Gasteiger partial charge in [-0.2, -0.15) is 0 Å². The summed E-state index contributed by atoms with van der Waals surface area (Å²) in [6.07, 6.45) is 2.03. The zero-order chi connectivity index (χ0) is 15.4. The van der Waals surface area contributed by atoms with Crippen LogP contribution in [0, 0.1) is 0 Å². The van der Waals surface area contributed by atoms with Gasteiger partial charge in [-0.15, -0.1) is 0 Å². The molecule has 0 radical (unpaired) electrons. The Kier molecular flexibility index (Phi) is 4.67. The number of amides is 2. The van der Waals surface area contributed by atoms with Crippen LogP contribution < -0.4 is 16.8 Å². The molecule has 0 atom stereocenters. The smallest absolute Gasteiger partial charge is 0.255 e. The fraction of sp³-hybridized carbons (Fsp3) is 0.467. The highest BCUT2D eigenvalue weighted by Crippen LogP contribution is 2.20. The molecule has 114 valence electrons. The Morgan fingerprint density at radius 2 is 1.95 bits per heavy atom. The minimum atomic E-state index is -0.0761. The lowest BCUT2D eigenvalue weighted by Gasteiger charge is -2.32. The summed E-state index contributed by atoms with van der Waals surface area (Å²) in [5, 5.41) is 2.97. The van der Waals surface area contributed by atoms with Crippen LogP contribution in [0.5, 0.6) is 0 Å². The second kappa shape index (κ2) is 6.47. The Labute approximate surface area is 124 Å². The van der Waals surface area contributed by atoms with E-state index in [-0.39, 0.29) is 17.9 Å². The average Bonchev–Trinajstić information content (AvgIpc) is 2.47. The monoisotopic (exact) mass is 290 g/mol. The van der Waals surface area contributed by atoms with Crippen molar-refractivity contribution >= 4 is 23.2 Å². The zero-order valence-corrected chi connectivity index (χ0v) is 12.3. The maximum absolute atomic E-state index is 12.4. The number of anilines is 2. The molecule has 1 aromatic rings. The second-order valence-corrected chi connectivity index (χ2v) is 5.33. The summed E-state index contributed by atoms with van der Waals surface area (Å²) in [5.41, 5.74) is 12.9. The molecule has 1 aliphatic heterocycles. The number of nitrogens with two attached hydrogens (primary N) is 2. The molecule has 0 spiro atoms. The Morgan fingerprint density at radius 3 is 2.52 bits per heavy atom. The number of nitrogens with zero attached hydrogens (tertiary/aromatic N) is 1. The molecule has 0 unspecified atom stereocenters. The van der Waals surface area contributed by atoms with E-state index in [1.807, 2.05) is 6.92 Å². The first-order chi connectivity index (χ1) is 10.0. The number of carbonyl (C=O) groups is 2. The molecule has 5 N–H and O–H groups in total. The van der Waals surface area contributed by atoms with Gasteiger partial charge in [-0.05, 0) is 31.0 Å². The van der Waals surface area contributed by atoms with Crippen LogP contribution in [-0.4, -0.2) is 35.8 Å². The number of nitrogen functional groups attached to an aromatic ring is 2. The van der Waals surface area contributed by atoms with Crippen molar-refractivity contribution in [3.8, 4) is 0 Å². The van der Waals surface area contributed by atoms with Crippen molar-refractivity contribution in [1.29, 1.82) is 0 Å². The molecule has 0 saturated carbocycles. The summed E-state index contributed by atoms with van der Waals surface area (Å²) < 4.78 is 0. The van der Waals surface area contributed by atoms with E-state index in [2.05, 4.69) is 5.32 Å². The summed E-state index contributed by atoms with van der Waals surface area (Å²) >= 11 is 0. The molecule has 2 rings (SSSR count). The van der Waals surface area contributed by atoms with Crippen molar-refractivity contribution in [3.05, 3.63) is 23.8 Å². The lowest BCUT2D eigenvalue weighted by Crippen LogP contribution is -2.46. The molecule has 1 fully saturated rings. The summed E-state index contributed by atoms with van der Waals surface area (Å²) in [5.74, 6) is -0.0182. The lowest BCUT2D eigenvalue weighted by molar-refractivity contribution is -0.121. The van der Waals surface area contributed by atoms with E-state index in [9.17, 15) is 9.59 Å². The van der Waals surface area contributed by atoms with E-state index in [4.69, 9.17) is 11.5 Å². The SMILES string of the molecule is CCC(=O)NC1CCN(C(=O)c2ccc(N)cc2N)CC1. The Balaban J connectivity index is 1.95. The van der Waals surface area contributed by atoms with Gasteiger partial charge >= 0.3 is 0 Å². The van der Waals surface area contributed by atoms with Gasteiger partial charge in [-0.25, -0.2) is 0 Å². The molecule has 21 heavy (non-hydrogen) atoms. The Hall–Kier alpha value is -2.24. The molecule has 0 aromatic heterocycles. The van der Waals surface area contributed by atoms with Gasteiger partial charge < -0.3 is 21.7 Å². The van der Waals surface area contributed by atoms with E-state index in [1.54, 1.807) is 23.1 Å². The van der Waals surface area contributed by atoms with Gasteiger partial charge in [0.25, 0.3) is 5.91 Å². The molecular formula is C15H22N4O2. The Bertz CT molecular complexity index is 536. The highest BCUT2D eigenvalue weighted by Gasteiger charge is 2.25. The van der Waals surface area contributed by atoms with Crippen LogP contribution in [0.2, 0.25) is 0 Å². The van der Waals surface area contributed by atoms with E-state index in [0.717, 1.165) is 12.8 Å². The molecular weight excluding hydrogens is 268 g/mol. The topological polar surface area (TPSA) is 101 Å². The van der Waals surface area contributed by atoms with Crippen molar-refractivity contribution in [1.82, 2.24) is 10.2 Å². The number of nitrogens with one attached hydrogen (secondary N) is 1. The van der Waals surface area contributed by atoms with Crippen LogP contribution in [0.25, 0.3) is 0 Å². The molecule has 2 amide bonds. The van der Waals surface area contributed by atoms with Gasteiger partial charge in [0.05, 0.1) is 5.56 Å². The van der Waals surface area contributed by atoms with Crippen LogP contribution in [-0.2, 0) is 4.79 Å². The van der Waals surface area contributed by atoms with Gasteiger partial charge in [0.1, 0.15) is 0 Å². The molecule has 6 heteroatoms. The van der Waals surface area contributed by atoms with Gasteiger partial charge in [0.15, 0.2) is 0 Å². The summed E-state index contributed by atoms with van der Waals surface area (Å²) in [4.78, 5) is 25.6. The molecule has 6 nitrogen and oxygen atoms in total. The van der Waals surface area contributed by atoms with Crippen LogP contribution in [0.3, 0.4) is 0 Å². The van der Waals surface area contributed by atoms with E-state index in [1.165, 1.54) is 0 Å². The van der Waals surface area contributed by atoms with Crippen LogP contribution in [0.1, 0.15) is 36.5 Å². The first-order valence-corrected chi connectivity index (χ1v) is 7.25. The van der Waals surface area contributed by atoms with Gasteiger partial charge in [0.2, 0.25) is 5.91 Å². The number of benzene rings is 1. The number of hydrogen-bond acceptors (Lipinski definition) is 4. The molecule has 0 bridgehead atoms. The third kappa shape index (κ3) is 3.65. The number of carbonyl (C=O) groups excluding carboxylic acids is 2. The number of rotatable bonds is 3. The maximum Gasteiger partial charge on any atom is 0.255 e. The molecule has 1 aliphatic rings. The van der Waals surface area contributed by atoms with Crippen molar-refractivity contribution in [2.45, 2.75) is 32.2 Å². The standard InChI is InChI=1S/C15H22N4O2/c1-2-14(20)18-11-5-7-19(8-6-11)15(21)12-4-3-10(16)9-13(12)17/h3-4,9,11H,2,5-8,16-17H2,1H3,(H,18,20). The zero-order valence-electron chi connectivity index (χ0n) is 12.3. The van der Waals surface area contributed by atoms with E-state index < -0.39 is 0 Å². The number of piperidine rings is 1. The van der Waals surface area contributed by atoms with Crippen molar-refractivity contribution in [2.24, 2.45) is 0 Å². The third-order valence-corrected chi connectivity index (χ3v) is 3.77. The molecule has 1 aromatic carbocycles. The van der Waals surface area contributed by atoms with Gasteiger partial charge in [0, 0.05) is 36.9 Å². The molecule has 1 saturated heterocycles. The van der Waals surface area contributed by atoms with Crippen molar-refractivity contribution in [2.75, 3.05) is 24.6 Å². The third-order valence-electron chi connectivity index (χ3n) is 3.77. The predicted molar refractivity (Wildman–Crippen MR) is 82.6 cm³/mol. The van der Waals surface area contributed by atoms with Crippen molar-refractivity contribution < 1.29 is 9.59 Å². The highest BCUT2D eigenvalue weighted by atomic mass is 16.2. The number of likely N-dealkylation sites (tertiary alicyclic amines) is 1. The van der Waals surface area contributed by atoms with Crippen molar-refractivity contribution in [3.63, 3.8) is 0 Å². The molecule has 0 aliphatic carbocycles. The average molecular weight is 290 g/mol. The second-order valence-electron chi connectivity index (χ2n) is 5.33. The summed E-state index contributed by atoms with van der Waals surface area (Å²) in [6, 6.07) is 5.10. The lowest BCUT2D eigenvalue weighted by atomic mass is 10.0. The highest BCUT2D eigenvalue weighted by molar-refractivity contribution is 5.99. The van der Waals surface area contributed by atoms with Gasteiger partial charge in [-0.3, -0.25) is 9.59 Å². The first-order valence-electron chi connectivity index (χ1n) is 7.25. The number of hydrogen-bond donors (Lipinski definition) is 3.